The third kappa shape index (κ3) is 3.64. The highest BCUT2D eigenvalue weighted by Gasteiger charge is 2.22. The van der Waals surface area contributed by atoms with E-state index >= 15 is 0 Å². The second-order valence-electron chi connectivity index (χ2n) is 5.21. The van der Waals surface area contributed by atoms with Gasteiger partial charge in [0.15, 0.2) is 0 Å². The highest BCUT2D eigenvalue weighted by molar-refractivity contribution is 5.78. The van der Waals surface area contributed by atoms with Crippen molar-refractivity contribution in [2.75, 3.05) is 31.9 Å². The van der Waals surface area contributed by atoms with Gasteiger partial charge in [-0.2, -0.15) is 0 Å². The highest BCUT2D eigenvalue weighted by Crippen LogP contribution is 2.10. The van der Waals surface area contributed by atoms with E-state index in [0.29, 0.717) is 5.95 Å². The fourth-order valence-corrected chi connectivity index (χ4v) is 2.20. The van der Waals surface area contributed by atoms with Crippen LogP contribution in [-0.4, -0.2) is 51.9 Å². The molecule has 1 aliphatic heterocycles. The van der Waals surface area contributed by atoms with Crippen molar-refractivity contribution >= 4 is 11.9 Å². The molecule has 6 nitrogen and oxygen atoms in total. The first kappa shape index (κ1) is 13.7. The predicted octanol–water partition coefficient (Wildman–Crippen LogP) is 0.359. The van der Waals surface area contributed by atoms with Crippen LogP contribution in [0.1, 0.15) is 19.4 Å². The maximum absolute atomic E-state index is 11.9. The zero-order valence-electron chi connectivity index (χ0n) is 11.5. The molecule has 1 fully saturated rings. The van der Waals surface area contributed by atoms with E-state index in [4.69, 9.17) is 5.73 Å². The van der Waals surface area contributed by atoms with Crippen molar-refractivity contribution in [2.45, 2.75) is 20.4 Å². The van der Waals surface area contributed by atoms with Crippen molar-refractivity contribution in [3.63, 3.8) is 0 Å². The number of aromatic nitrogens is 2. The van der Waals surface area contributed by atoms with E-state index in [-0.39, 0.29) is 11.8 Å². The lowest BCUT2D eigenvalue weighted by Crippen LogP contribution is -2.49. The summed E-state index contributed by atoms with van der Waals surface area (Å²) in [6, 6.07) is 0. The van der Waals surface area contributed by atoms with Gasteiger partial charge in [0.05, 0.1) is 0 Å². The molecular weight excluding hydrogens is 242 g/mol. The molecule has 1 aromatic rings. The van der Waals surface area contributed by atoms with Crippen molar-refractivity contribution in [3.8, 4) is 0 Å². The van der Waals surface area contributed by atoms with Crippen LogP contribution in [0.4, 0.5) is 5.95 Å². The van der Waals surface area contributed by atoms with Crippen LogP contribution in [0.15, 0.2) is 12.4 Å². The smallest absolute Gasteiger partial charge is 0.225 e. The van der Waals surface area contributed by atoms with Gasteiger partial charge in [-0.15, -0.1) is 0 Å². The summed E-state index contributed by atoms with van der Waals surface area (Å²) < 4.78 is 0. The SMILES string of the molecule is CC(C)C(=O)N1CCN(Cc2cnc(N)nc2)CC1. The molecule has 19 heavy (non-hydrogen) atoms. The third-order valence-electron chi connectivity index (χ3n) is 3.31. The molecular formula is C13H21N5O. The van der Waals surface area contributed by atoms with E-state index in [9.17, 15) is 4.79 Å². The number of nitrogens with two attached hydrogens (primary N) is 1. The summed E-state index contributed by atoms with van der Waals surface area (Å²) in [7, 11) is 0. The van der Waals surface area contributed by atoms with Crippen LogP contribution in [0, 0.1) is 5.92 Å². The fraction of sp³-hybridized carbons (Fsp3) is 0.615. The Balaban J connectivity index is 1.83. The highest BCUT2D eigenvalue weighted by atomic mass is 16.2. The van der Waals surface area contributed by atoms with Gasteiger partial charge < -0.3 is 10.6 Å². The lowest BCUT2D eigenvalue weighted by Gasteiger charge is -2.35. The van der Waals surface area contributed by atoms with Crippen molar-refractivity contribution in [1.82, 2.24) is 19.8 Å². The number of rotatable bonds is 3. The molecule has 2 heterocycles. The summed E-state index contributed by atoms with van der Waals surface area (Å²) >= 11 is 0. The Kier molecular flexibility index (Phi) is 4.31. The van der Waals surface area contributed by atoms with E-state index in [1.807, 2.05) is 18.7 Å². The maximum atomic E-state index is 11.9. The van der Waals surface area contributed by atoms with Crippen molar-refractivity contribution < 1.29 is 4.79 Å². The van der Waals surface area contributed by atoms with Crippen LogP contribution in [-0.2, 0) is 11.3 Å². The van der Waals surface area contributed by atoms with E-state index in [1.54, 1.807) is 12.4 Å². The molecule has 0 spiro atoms. The molecule has 2 N–H and O–H groups in total. The minimum atomic E-state index is 0.0806. The van der Waals surface area contributed by atoms with Crippen LogP contribution in [0.25, 0.3) is 0 Å². The Morgan fingerprint density at radius 3 is 2.37 bits per heavy atom. The molecule has 1 amide bonds. The number of amides is 1. The van der Waals surface area contributed by atoms with E-state index < -0.39 is 0 Å². The predicted molar refractivity (Wildman–Crippen MR) is 73.1 cm³/mol. The Hall–Kier alpha value is -1.69. The summed E-state index contributed by atoms with van der Waals surface area (Å²) in [5, 5.41) is 0. The zero-order valence-corrected chi connectivity index (χ0v) is 11.5. The summed E-state index contributed by atoms with van der Waals surface area (Å²) in [5.74, 6) is 0.628. The summed E-state index contributed by atoms with van der Waals surface area (Å²) in [4.78, 5) is 24.1. The van der Waals surface area contributed by atoms with Crippen LogP contribution in [0.3, 0.4) is 0 Å². The van der Waals surface area contributed by atoms with Crippen molar-refractivity contribution in [1.29, 1.82) is 0 Å². The number of piperazine rings is 1. The van der Waals surface area contributed by atoms with Crippen molar-refractivity contribution in [2.24, 2.45) is 5.92 Å². The molecule has 0 aliphatic carbocycles. The minimum Gasteiger partial charge on any atom is -0.368 e. The third-order valence-corrected chi connectivity index (χ3v) is 3.31. The minimum absolute atomic E-state index is 0.0806. The first-order valence-electron chi connectivity index (χ1n) is 6.64. The molecule has 0 saturated carbocycles. The Labute approximate surface area is 113 Å². The van der Waals surface area contributed by atoms with E-state index in [2.05, 4.69) is 14.9 Å². The molecule has 6 heteroatoms. The van der Waals surface area contributed by atoms with Crippen molar-refractivity contribution in [3.05, 3.63) is 18.0 Å². The topological polar surface area (TPSA) is 75.4 Å². The number of hydrogen-bond acceptors (Lipinski definition) is 5. The standard InChI is InChI=1S/C13H21N5O/c1-10(2)12(19)18-5-3-17(4-6-18)9-11-7-15-13(14)16-8-11/h7-8,10H,3-6,9H2,1-2H3,(H2,14,15,16). The van der Waals surface area contributed by atoms with Gasteiger partial charge in [-0.1, -0.05) is 13.8 Å². The number of nitrogens with zero attached hydrogens (tertiary/aromatic N) is 4. The second-order valence-corrected chi connectivity index (χ2v) is 5.21. The van der Waals surface area contributed by atoms with E-state index in [0.717, 1.165) is 38.3 Å². The number of carbonyl (C=O) groups excluding carboxylic acids is 1. The van der Waals surface area contributed by atoms with Gasteiger partial charge in [0.1, 0.15) is 0 Å². The molecule has 104 valence electrons. The lowest BCUT2D eigenvalue weighted by atomic mass is 10.1. The second kappa shape index (κ2) is 5.97. The van der Waals surface area contributed by atoms with Gasteiger partial charge in [-0.3, -0.25) is 9.69 Å². The molecule has 0 bridgehead atoms. The number of anilines is 1. The molecule has 2 rings (SSSR count). The Bertz CT molecular complexity index is 423. The van der Waals surface area contributed by atoms with Crippen LogP contribution < -0.4 is 5.73 Å². The molecule has 0 aromatic carbocycles. The quantitative estimate of drug-likeness (QED) is 0.852. The molecule has 0 radical (unpaired) electrons. The molecule has 1 saturated heterocycles. The first-order valence-corrected chi connectivity index (χ1v) is 6.64. The first-order chi connectivity index (χ1) is 9.06. The number of hydrogen-bond donors (Lipinski definition) is 1. The van der Waals surface area contributed by atoms with Gasteiger partial charge >= 0.3 is 0 Å². The number of carbonyl (C=O) groups is 1. The molecule has 0 atom stereocenters. The molecule has 0 unspecified atom stereocenters. The van der Waals surface area contributed by atoms with Crippen LogP contribution >= 0.6 is 0 Å². The van der Waals surface area contributed by atoms with Gasteiger partial charge in [0, 0.05) is 56.6 Å². The number of nitrogen functional groups attached to an aromatic ring is 1. The Morgan fingerprint density at radius 1 is 1.26 bits per heavy atom. The molecule has 1 aliphatic rings. The monoisotopic (exact) mass is 263 g/mol. The van der Waals surface area contributed by atoms with Gasteiger partial charge in [-0.25, -0.2) is 9.97 Å². The normalized spacial score (nSPS) is 16.9. The van der Waals surface area contributed by atoms with Crippen LogP contribution in [0.2, 0.25) is 0 Å². The molecule has 1 aromatic heterocycles. The fourth-order valence-electron chi connectivity index (χ4n) is 2.20. The van der Waals surface area contributed by atoms with Crippen LogP contribution in [0.5, 0.6) is 0 Å². The lowest BCUT2D eigenvalue weighted by molar-refractivity contribution is -0.136. The largest absolute Gasteiger partial charge is 0.368 e. The van der Waals surface area contributed by atoms with Gasteiger partial charge in [0.2, 0.25) is 11.9 Å². The average molecular weight is 263 g/mol. The maximum Gasteiger partial charge on any atom is 0.225 e. The zero-order chi connectivity index (χ0) is 13.8. The summed E-state index contributed by atoms with van der Waals surface area (Å²) in [5.41, 5.74) is 6.51. The van der Waals surface area contributed by atoms with Gasteiger partial charge in [-0.05, 0) is 0 Å². The Morgan fingerprint density at radius 2 is 1.84 bits per heavy atom. The average Bonchev–Trinajstić information content (AvgIpc) is 2.41. The van der Waals surface area contributed by atoms with E-state index in [1.165, 1.54) is 0 Å². The summed E-state index contributed by atoms with van der Waals surface area (Å²) in [6.45, 7) is 8.08. The van der Waals surface area contributed by atoms with Gasteiger partial charge in [0.25, 0.3) is 0 Å². The summed E-state index contributed by atoms with van der Waals surface area (Å²) in [6.07, 6.45) is 3.52.